The number of rotatable bonds is 3. The zero-order valence-corrected chi connectivity index (χ0v) is 16.5. The standard InChI is InChI=1S/C22H27N3O3/c1-14(2)25-13-22-8-3-17(28-22)18(19(22)21(25)27)20(26)24-11-6-16(7-12-24)15-4-9-23-10-5-15/h3-5,8-10,14,16-19H,6-7,11-13H2,1-2H3/t17-,18+,19-,22+/m1/s1. The highest BCUT2D eigenvalue weighted by Crippen LogP contribution is 2.52. The minimum absolute atomic E-state index is 0.0758. The zero-order chi connectivity index (χ0) is 19.5. The number of likely N-dealkylation sites (tertiary alicyclic amines) is 2. The van der Waals surface area contributed by atoms with Crippen LogP contribution in [0.4, 0.5) is 0 Å². The molecule has 2 amide bonds. The number of hydrogen-bond acceptors (Lipinski definition) is 4. The molecule has 6 nitrogen and oxygen atoms in total. The lowest BCUT2D eigenvalue weighted by Crippen LogP contribution is -2.48. The van der Waals surface area contributed by atoms with Gasteiger partial charge in [-0.05, 0) is 50.3 Å². The third-order valence-electron chi connectivity index (χ3n) is 7.02. The van der Waals surface area contributed by atoms with Crippen LogP contribution >= 0.6 is 0 Å². The van der Waals surface area contributed by atoms with Gasteiger partial charge in [0.15, 0.2) is 0 Å². The minimum Gasteiger partial charge on any atom is -0.360 e. The van der Waals surface area contributed by atoms with E-state index in [2.05, 4.69) is 17.1 Å². The summed E-state index contributed by atoms with van der Waals surface area (Å²) in [6, 6.07) is 4.26. The van der Waals surface area contributed by atoms with E-state index in [0.29, 0.717) is 12.5 Å². The van der Waals surface area contributed by atoms with E-state index in [1.807, 2.05) is 48.2 Å². The maximum atomic E-state index is 13.4. The number of ether oxygens (including phenoxy) is 1. The van der Waals surface area contributed by atoms with E-state index in [4.69, 9.17) is 4.74 Å². The van der Waals surface area contributed by atoms with Crippen LogP contribution in [0.3, 0.4) is 0 Å². The summed E-state index contributed by atoms with van der Waals surface area (Å²) >= 11 is 0. The average Bonchev–Trinajstić information content (AvgIpc) is 3.36. The molecule has 1 spiro atoms. The van der Waals surface area contributed by atoms with Crippen molar-refractivity contribution in [1.82, 2.24) is 14.8 Å². The molecular formula is C22H27N3O3. The Labute approximate surface area is 165 Å². The van der Waals surface area contributed by atoms with Crippen molar-refractivity contribution in [2.75, 3.05) is 19.6 Å². The molecule has 5 heterocycles. The number of pyridine rings is 1. The van der Waals surface area contributed by atoms with Crippen LogP contribution < -0.4 is 0 Å². The van der Waals surface area contributed by atoms with E-state index in [9.17, 15) is 9.59 Å². The van der Waals surface area contributed by atoms with Gasteiger partial charge < -0.3 is 14.5 Å². The molecule has 3 saturated heterocycles. The van der Waals surface area contributed by atoms with Crippen LogP contribution in [-0.2, 0) is 14.3 Å². The zero-order valence-electron chi connectivity index (χ0n) is 16.5. The first kappa shape index (κ1) is 17.9. The first-order chi connectivity index (χ1) is 13.5. The summed E-state index contributed by atoms with van der Waals surface area (Å²) in [5, 5.41) is 0. The summed E-state index contributed by atoms with van der Waals surface area (Å²) < 4.78 is 6.22. The van der Waals surface area contributed by atoms with Crippen LogP contribution in [0.5, 0.6) is 0 Å². The number of aromatic nitrogens is 1. The Morgan fingerprint density at radius 3 is 2.64 bits per heavy atom. The van der Waals surface area contributed by atoms with Crippen LogP contribution in [0, 0.1) is 11.8 Å². The van der Waals surface area contributed by atoms with Crippen molar-refractivity contribution >= 4 is 11.8 Å². The largest absolute Gasteiger partial charge is 0.360 e. The molecule has 4 aliphatic rings. The molecule has 28 heavy (non-hydrogen) atoms. The van der Waals surface area contributed by atoms with Gasteiger partial charge in [-0.15, -0.1) is 0 Å². The Kier molecular flexibility index (Phi) is 4.09. The molecule has 0 aromatic carbocycles. The Morgan fingerprint density at radius 1 is 1.25 bits per heavy atom. The van der Waals surface area contributed by atoms with Crippen LogP contribution in [0.25, 0.3) is 0 Å². The molecule has 5 rings (SSSR count). The molecule has 148 valence electrons. The summed E-state index contributed by atoms with van der Waals surface area (Å²) in [5.41, 5.74) is 0.701. The molecule has 4 aliphatic heterocycles. The number of piperidine rings is 1. The average molecular weight is 381 g/mol. The molecule has 0 radical (unpaired) electrons. The lowest BCUT2D eigenvalue weighted by atomic mass is 9.76. The number of amides is 2. The van der Waals surface area contributed by atoms with E-state index in [1.165, 1.54) is 5.56 Å². The van der Waals surface area contributed by atoms with Gasteiger partial charge >= 0.3 is 0 Å². The maximum absolute atomic E-state index is 13.4. The number of hydrogen-bond donors (Lipinski definition) is 0. The van der Waals surface area contributed by atoms with Gasteiger partial charge in [-0.3, -0.25) is 14.6 Å². The normalized spacial score (nSPS) is 34.5. The summed E-state index contributed by atoms with van der Waals surface area (Å²) in [5.74, 6) is -0.103. The molecule has 0 unspecified atom stereocenters. The second-order valence-electron chi connectivity index (χ2n) is 8.84. The van der Waals surface area contributed by atoms with Crippen molar-refractivity contribution in [2.24, 2.45) is 11.8 Å². The predicted molar refractivity (Wildman–Crippen MR) is 103 cm³/mol. The Bertz CT molecular complexity index is 816. The molecule has 4 atom stereocenters. The molecule has 0 saturated carbocycles. The third kappa shape index (κ3) is 2.54. The van der Waals surface area contributed by atoms with Gasteiger partial charge in [-0.25, -0.2) is 0 Å². The van der Waals surface area contributed by atoms with Crippen molar-refractivity contribution in [3.05, 3.63) is 42.2 Å². The second-order valence-corrected chi connectivity index (χ2v) is 8.84. The minimum atomic E-state index is -0.596. The lowest BCUT2D eigenvalue weighted by molar-refractivity contribution is -0.144. The molecule has 2 bridgehead atoms. The number of nitrogens with zero attached hydrogens (tertiary/aromatic N) is 3. The predicted octanol–water partition coefficient (Wildman–Crippen LogP) is 1.98. The van der Waals surface area contributed by atoms with E-state index in [1.54, 1.807) is 0 Å². The molecule has 6 heteroatoms. The van der Waals surface area contributed by atoms with E-state index in [0.717, 1.165) is 25.9 Å². The quantitative estimate of drug-likeness (QED) is 0.751. The van der Waals surface area contributed by atoms with E-state index >= 15 is 0 Å². The highest BCUT2D eigenvalue weighted by Gasteiger charge is 2.67. The Balaban J connectivity index is 1.31. The second kappa shape index (κ2) is 6.41. The number of carbonyl (C=O) groups is 2. The van der Waals surface area contributed by atoms with Crippen molar-refractivity contribution in [2.45, 2.75) is 50.4 Å². The fourth-order valence-corrected chi connectivity index (χ4v) is 5.53. The third-order valence-corrected chi connectivity index (χ3v) is 7.02. The van der Waals surface area contributed by atoms with Crippen LogP contribution in [0.1, 0.15) is 38.2 Å². The smallest absolute Gasteiger partial charge is 0.230 e. The van der Waals surface area contributed by atoms with E-state index < -0.39 is 5.60 Å². The van der Waals surface area contributed by atoms with Gasteiger partial charge in [0.05, 0.1) is 24.5 Å². The molecule has 0 N–H and O–H groups in total. The van der Waals surface area contributed by atoms with Gasteiger partial charge in [0.2, 0.25) is 11.8 Å². The van der Waals surface area contributed by atoms with Crippen molar-refractivity contribution < 1.29 is 14.3 Å². The van der Waals surface area contributed by atoms with Gasteiger partial charge in [0.1, 0.15) is 5.60 Å². The van der Waals surface area contributed by atoms with Gasteiger partial charge in [-0.2, -0.15) is 0 Å². The van der Waals surface area contributed by atoms with Crippen molar-refractivity contribution in [1.29, 1.82) is 0 Å². The first-order valence-corrected chi connectivity index (χ1v) is 10.4. The lowest BCUT2D eigenvalue weighted by Gasteiger charge is -2.35. The first-order valence-electron chi connectivity index (χ1n) is 10.4. The Hall–Kier alpha value is -2.21. The fourth-order valence-electron chi connectivity index (χ4n) is 5.53. The summed E-state index contributed by atoms with van der Waals surface area (Å²) in [6.45, 7) is 6.08. The topological polar surface area (TPSA) is 62.7 Å². The highest BCUT2D eigenvalue weighted by atomic mass is 16.5. The number of fused-ring (bicyclic) bond motifs is 1. The highest BCUT2D eigenvalue weighted by molar-refractivity contribution is 5.93. The monoisotopic (exact) mass is 381 g/mol. The maximum Gasteiger partial charge on any atom is 0.230 e. The van der Waals surface area contributed by atoms with Gasteiger partial charge in [0.25, 0.3) is 0 Å². The number of carbonyl (C=O) groups excluding carboxylic acids is 2. The SMILES string of the molecule is CC(C)N1C[C@]23C=C[C@@H](O2)[C@H](C(=O)N2CCC(c4ccncc4)CC2)[C@@H]3C1=O. The summed E-state index contributed by atoms with van der Waals surface area (Å²) in [7, 11) is 0. The molecule has 1 aromatic rings. The summed E-state index contributed by atoms with van der Waals surface area (Å²) in [6.07, 6.45) is 9.34. The van der Waals surface area contributed by atoms with Gasteiger partial charge in [0, 0.05) is 31.5 Å². The fraction of sp³-hybridized carbons (Fsp3) is 0.591. The van der Waals surface area contributed by atoms with Gasteiger partial charge in [-0.1, -0.05) is 12.2 Å². The molecule has 3 fully saturated rings. The van der Waals surface area contributed by atoms with Crippen molar-refractivity contribution in [3.8, 4) is 0 Å². The molecule has 0 aliphatic carbocycles. The molecular weight excluding hydrogens is 354 g/mol. The van der Waals surface area contributed by atoms with Crippen LogP contribution in [-0.4, -0.2) is 64.0 Å². The van der Waals surface area contributed by atoms with Crippen LogP contribution in [0.15, 0.2) is 36.7 Å². The Morgan fingerprint density at radius 2 is 1.96 bits per heavy atom. The molecule has 1 aromatic heterocycles. The van der Waals surface area contributed by atoms with Crippen molar-refractivity contribution in [3.63, 3.8) is 0 Å². The van der Waals surface area contributed by atoms with Crippen LogP contribution in [0.2, 0.25) is 0 Å². The summed E-state index contributed by atoms with van der Waals surface area (Å²) in [4.78, 5) is 34.4. The van der Waals surface area contributed by atoms with E-state index in [-0.39, 0.29) is 35.8 Å².